The van der Waals surface area contributed by atoms with Gasteiger partial charge in [0.1, 0.15) is 0 Å². The van der Waals surface area contributed by atoms with Gasteiger partial charge in [-0.3, -0.25) is 0 Å². The molecule has 0 saturated heterocycles. The van der Waals surface area contributed by atoms with Crippen LogP contribution in [0.5, 0.6) is 0 Å². The van der Waals surface area contributed by atoms with E-state index < -0.39 is 6.10 Å². The van der Waals surface area contributed by atoms with Crippen molar-refractivity contribution in [1.29, 1.82) is 0 Å². The van der Waals surface area contributed by atoms with Crippen molar-refractivity contribution in [2.24, 2.45) is 5.92 Å². The molecule has 2 rings (SSSR count). The summed E-state index contributed by atoms with van der Waals surface area (Å²) in [6, 6.07) is 7.64. The van der Waals surface area contributed by atoms with E-state index in [0.29, 0.717) is 19.0 Å². The highest BCUT2D eigenvalue weighted by atomic mass is 79.9. The third-order valence-corrected chi connectivity index (χ3v) is 3.58. The van der Waals surface area contributed by atoms with E-state index in [1.54, 1.807) is 0 Å². The van der Waals surface area contributed by atoms with Crippen LogP contribution in [0.15, 0.2) is 28.7 Å². The molecule has 2 unspecified atom stereocenters. The fourth-order valence-corrected chi connectivity index (χ4v) is 2.26. The molecule has 1 aliphatic carbocycles. The predicted molar refractivity (Wildman–Crippen MR) is 70.7 cm³/mol. The Morgan fingerprint density at radius 1 is 1.29 bits per heavy atom. The summed E-state index contributed by atoms with van der Waals surface area (Å²) in [5, 5.41) is 22.7. The van der Waals surface area contributed by atoms with Gasteiger partial charge in [-0.1, -0.05) is 28.1 Å². The average Bonchev–Trinajstić information content (AvgIpc) is 3.12. The second kappa shape index (κ2) is 5.96. The van der Waals surface area contributed by atoms with Gasteiger partial charge in [-0.25, -0.2) is 0 Å². The zero-order valence-electron chi connectivity index (χ0n) is 9.64. The summed E-state index contributed by atoms with van der Waals surface area (Å²) >= 11 is 3.38. The first-order valence-electron chi connectivity index (χ1n) is 5.99. The summed E-state index contributed by atoms with van der Waals surface area (Å²) < 4.78 is 0.965. The molecule has 1 saturated carbocycles. The van der Waals surface area contributed by atoms with Crippen molar-refractivity contribution in [2.45, 2.75) is 25.0 Å². The Morgan fingerprint density at radius 3 is 2.71 bits per heavy atom. The summed E-state index contributed by atoms with van der Waals surface area (Å²) in [4.78, 5) is 0. The largest absolute Gasteiger partial charge is 0.392 e. The number of nitrogens with one attached hydrogen (secondary N) is 1. The number of hydrogen-bond donors (Lipinski definition) is 3. The number of hydrogen-bond acceptors (Lipinski definition) is 3. The monoisotopic (exact) mass is 299 g/mol. The fourth-order valence-electron chi connectivity index (χ4n) is 1.85. The molecular formula is C13H18BrNO2. The molecule has 3 nitrogen and oxygen atoms in total. The van der Waals surface area contributed by atoms with Crippen molar-refractivity contribution in [3.63, 3.8) is 0 Å². The predicted octanol–water partition coefficient (Wildman–Crippen LogP) is 1.84. The summed E-state index contributed by atoms with van der Waals surface area (Å²) in [6.07, 6.45) is 1.48. The van der Waals surface area contributed by atoms with Gasteiger partial charge < -0.3 is 15.5 Å². The van der Waals surface area contributed by atoms with Gasteiger partial charge in [-0.15, -0.1) is 0 Å². The molecule has 17 heavy (non-hydrogen) atoms. The fraction of sp³-hybridized carbons (Fsp3) is 0.538. The van der Waals surface area contributed by atoms with E-state index in [1.807, 2.05) is 24.3 Å². The van der Waals surface area contributed by atoms with Crippen LogP contribution in [-0.2, 0) is 0 Å². The van der Waals surface area contributed by atoms with Gasteiger partial charge >= 0.3 is 0 Å². The van der Waals surface area contributed by atoms with Gasteiger partial charge in [0.2, 0.25) is 0 Å². The molecule has 1 aromatic carbocycles. The van der Waals surface area contributed by atoms with Gasteiger partial charge in [0.25, 0.3) is 0 Å². The first-order chi connectivity index (χ1) is 8.16. The van der Waals surface area contributed by atoms with Gasteiger partial charge in [0.05, 0.1) is 12.2 Å². The van der Waals surface area contributed by atoms with Crippen molar-refractivity contribution in [3.8, 4) is 0 Å². The molecule has 0 aromatic heterocycles. The van der Waals surface area contributed by atoms with E-state index in [-0.39, 0.29) is 6.10 Å². The highest BCUT2D eigenvalue weighted by molar-refractivity contribution is 9.10. The molecule has 0 spiro atoms. The Hall–Kier alpha value is -0.420. The quantitative estimate of drug-likeness (QED) is 0.751. The Bertz CT molecular complexity index is 368. The first kappa shape index (κ1) is 13.0. The van der Waals surface area contributed by atoms with Crippen LogP contribution in [-0.4, -0.2) is 29.4 Å². The van der Waals surface area contributed by atoms with Crippen molar-refractivity contribution in [2.75, 3.05) is 13.1 Å². The minimum absolute atomic E-state index is 0.260. The average molecular weight is 300 g/mol. The van der Waals surface area contributed by atoms with Gasteiger partial charge in [-0.2, -0.15) is 0 Å². The maximum Gasteiger partial charge on any atom is 0.0914 e. The minimum atomic E-state index is -0.529. The Morgan fingerprint density at radius 2 is 2.06 bits per heavy atom. The SMILES string of the molecule is OC(CNCC(O)C1CC1)c1cccc(Br)c1. The molecular weight excluding hydrogens is 282 g/mol. The molecule has 3 N–H and O–H groups in total. The van der Waals surface area contributed by atoms with E-state index in [2.05, 4.69) is 21.2 Å². The van der Waals surface area contributed by atoms with Crippen molar-refractivity contribution >= 4 is 15.9 Å². The molecule has 2 atom stereocenters. The number of rotatable bonds is 6. The molecule has 0 amide bonds. The zero-order valence-corrected chi connectivity index (χ0v) is 11.2. The van der Waals surface area contributed by atoms with Crippen LogP contribution in [0.4, 0.5) is 0 Å². The minimum Gasteiger partial charge on any atom is -0.392 e. The molecule has 94 valence electrons. The lowest BCUT2D eigenvalue weighted by atomic mass is 10.1. The topological polar surface area (TPSA) is 52.5 Å². The number of aliphatic hydroxyl groups excluding tert-OH is 2. The summed E-state index contributed by atoms with van der Waals surface area (Å²) in [6.45, 7) is 1.04. The van der Waals surface area contributed by atoms with Gasteiger partial charge in [-0.05, 0) is 36.5 Å². The molecule has 4 heteroatoms. The van der Waals surface area contributed by atoms with Crippen molar-refractivity contribution < 1.29 is 10.2 Å². The second-order valence-corrected chi connectivity index (χ2v) is 5.55. The molecule has 0 radical (unpaired) electrons. The van der Waals surface area contributed by atoms with Crippen molar-refractivity contribution in [3.05, 3.63) is 34.3 Å². The third kappa shape index (κ3) is 4.07. The number of aliphatic hydroxyl groups is 2. The van der Waals surface area contributed by atoms with Gasteiger partial charge in [0, 0.05) is 17.6 Å². The Balaban J connectivity index is 1.74. The molecule has 0 heterocycles. The molecule has 1 aromatic rings. The lowest BCUT2D eigenvalue weighted by Gasteiger charge is -2.15. The van der Waals surface area contributed by atoms with Crippen LogP contribution in [0.2, 0.25) is 0 Å². The van der Waals surface area contributed by atoms with Crippen LogP contribution < -0.4 is 5.32 Å². The summed E-state index contributed by atoms with van der Waals surface area (Å²) in [5.41, 5.74) is 0.882. The lowest BCUT2D eigenvalue weighted by molar-refractivity contribution is 0.132. The zero-order chi connectivity index (χ0) is 12.3. The van der Waals surface area contributed by atoms with Gasteiger partial charge in [0.15, 0.2) is 0 Å². The normalized spacial score (nSPS) is 19.0. The van der Waals surface area contributed by atoms with Crippen LogP contribution in [0.3, 0.4) is 0 Å². The van der Waals surface area contributed by atoms with Crippen LogP contribution >= 0.6 is 15.9 Å². The maximum atomic E-state index is 9.95. The van der Waals surface area contributed by atoms with E-state index in [1.165, 1.54) is 0 Å². The van der Waals surface area contributed by atoms with Crippen LogP contribution in [0.1, 0.15) is 24.5 Å². The number of benzene rings is 1. The maximum absolute atomic E-state index is 9.95. The first-order valence-corrected chi connectivity index (χ1v) is 6.78. The third-order valence-electron chi connectivity index (χ3n) is 3.09. The number of halogens is 1. The molecule has 1 fully saturated rings. The summed E-state index contributed by atoms with van der Waals surface area (Å²) in [5.74, 6) is 0.477. The second-order valence-electron chi connectivity index (χ2n) is 4.63. The smallest absolute Gasteiger partial charge is 0.0914 e. The Kier molecular flexibility index (Phi) is 4.56. The summed E-state index contributed by atoms with van der Waals surface area (Å²) in [7, 11) is 0. The highest BCUT2D eigenvalue weighted by Crippen LogP contribution is 2.32. The van der Waals surface area contributed by atoms with E-state index in [9.17, 15) is 10.2 Å². The highest BCUT2D eigenvalue weighted by Gasteiger charge is 2.29. The lowest BCUT2D eigenvalue weighted by Crippen LogP contribution is -2.31. The van der Waals surface area contributed by atoms with Crippen LogP contribution in [0, 0.1) is 5.92 Å². The van der Waals surface area contributed by atoms with Crippen LogP contribution in [0.25, 0.3) is 0 Å². The molecule has 1 aliphatic rings. The van der Waals surface area contributed by atoms with E-state index >= 15 is 0 Å². The van der Waals surface area contributed by atoms with Crippen molar-refractivity contribution in [1.82, 2.24) is 5.32 Å². The molecule has 0 bridgehead atoms. The standard InChI is InChI=1S/C13H18BrNO2/c14-11-3-1-2-10(6-11)13(17)8-15-7-12(16)9-4-5-9/h1-3,6,9,12-13,15-17H,4-5,7-8H2. The van der Waals surface area contributed by atoms with E-state index in [4.69, 9.17) is 0 Å². The van der Waals surface area contributed by atoms with E-state index in [0.717, 1.165) is 22.9 Å². The molecule has 0 aliphatic heterocycles. The Labute approximate surface area is 110 Å².